The highest BCUT2D eigenvalue weighted by Gasteiger charge is 2.30. The smallest absolute Gasteiger partial charge is 0.232 e. The molecule has 3 aromatic rings. The van der Waals surface area contributed by atoms with Crippen LogP contribution in [-0.4, -0.2) is 5.78 Å². The number of fused-ring (bicyclic) bond motifs is 1. The summed E-state index contributed by atoms with van der Waals surface area (Å²) in [7, 11) is 0. The van der Waals surface area contributed by atoms with E-state index in [1.54, 1.807) is 18.2 Å². The highest BCUT2D eigenvalue weighted by Crippen LogP contribution is 2.38. The highest BCUT2D eigenvalue weighted by atomic mass is 35.5. The summed E-state index contributed by atoms with van der Waals surface area (Å²) in [6.07, 6.45) is 1.34. The minimum atomic E-state index is -0.517. The zero-order valence-corrected chi connectivity index (χ0v) is 16.7. The fourth-order valence-electron chi connectivity index (χ4n) is 3.19. The minimum absolute atomic E-state index is 0.0331. The van der Waals surface area contributed by atoms with Crippen molar-refractivity contribution in [2.24, 2.45) is 0 Å². The molecule has 29 heavy (non-hydrogen) atoms. The molecule has 1 aliphatic rings. The van der Waals surface area contributed by atoms with Crippen LogP contribution in [0.3, 0.4) is 0 Å². The molecule has 0 bridgehead atoms. The zero-order chi connectivity index (χ0) is 20.5. The molecule has 0 saturated heterocycles. The molecule has 146 valence electrons. The lowest BCUT2D eigenvalue weighted by atomic mass is 10.0. The number of carbonyl (C=O) groups excluding carboxylic acids is 1. The van der Waals surface area contributed by atoms with Gasteiger partial charge in [-0.2, -0.15) is 0 Å². The average Bonchev–Trinajstić information content (AvgIpc) is 3.00. The maximum atomic E-state index is 14.1. The van der Waals surface area contributed by atoms with Crippen LogP contribution < -0.4 is 9.47 Å². The summed E-state index contributed by atoms with van der Waals surface area (Å²) in [5, 5.41) is 0.212. The fourth-order valence-corrected chi connectivity index (χ4v) is 3.41. The summed E-state index contributed by atoms with van der Waals surface area (Å²) in [6, 6.07) is 15.9. The number of carbonyl (C=O) groups is 1. The summed E-state index contributed by atoms with van der Waals surface area (Å²) in [6.45, 7) is 4.25. The minimum Gasteiger partial charge on any atom is -0.489 e. The lowest BCUT2D eigenvalue weighted by molar-refractivity contribution is 0.101. The van der Waals surface area contributed by atoms with E-state index in [1.165, 1.54) is 23.8 Å². The number of rotatable bonds is 4. The number of benzene rings is 3. The number of hydrogen-bond donors (Lipinski definition) is 0. The molecule has 0 aliphatic carbocycles. The van der Waals surface area contributed by atoms with Gasteiger partial charge in [0.25, 0.3) is 0 Å². The second-order valence-electron chi connectivity index (χ2n) is 6.96. The molecule has 1 heterocycles. The molecule has 3 nitrogen and oxygen atoms in total. The summed E-state index contributed by atoms with van der Waals surface area (Å²) in [4.78, 5) is 12.8. The van der Waals surface area contributed by atoms with Gasteiger partial charge in [0, 0.05) is 11.6 Å². The summed E-state index contributed by atoms with van der Waals surface area (Å²) >= 11 is 6.06. The SMILES string of the molecule is Cc1ccc(COc2cc(C)c3c(c2)O/C(=C\c2c(F)cccc2Cl)C3=O)cc1. The van der Waals surface area contributed by atoms with Crippen molar-refractivity contribution in [2.75, 3.05) is 0 Å². The molecule has 0 fully saturated rings. The van der Waals surface area contributed by atoms with Gasteiger partial charge >= 0.3 is 0 Å². The second kappa shape index (κ2) is 7.72. The lowest BCUT2D eigenvalue weighted by Crippen LogP contribution is -2.00. The number of Topliss-reactive ketones (excluding diaryl/α,β-unsaturated/α-hetero) is 1. The monoisotopic (exact) mass is 408 g/mol. The van der Waals surface area contributed by atoms with Crippen molar-refractivity contribution in [2.45, 2.75) is 20.5 Å². The van der Waals surface area contributed by atoms with E-state index >= 15 is 0 Å². The third-order valence-electron chi connectivity index (χ3n) is 4.74. The quantitative estimate of drug-likeness (QED) is 0.476. The third-order valence-corrected chi connectivity index (χ3v) is 5.07. The molecular weight excluding hydrogens is 391 g/mol. The molecule has 5 heteroatoms. The van der Waals surface area contributed by atoms with Crippen LogP contribution in [-0.2, 0) is 6.61 Å². The van der Waals surface area contributed by atoms with Crippen LogP contribution in [0.15, 0.2) is 60.4 Å². The van der Waals surface area contributed by atoms with Crippen LogP contribution in [0.4, 0.5) is 4.39 Å². The molecule has 0 unspecified atom stereocenters. The first kappa shape index (κ1) is 19.2. The molecule has 0 aromatic heterocycles. The van der Waals surface area contributed by atoms with E-state index in [9.17, 15) is 9.18 Å². The number of aryl methyl sites for hydroxylation is 2. The molecule has 0 spiro atoms. The van der Waals surface area contributed by atoms with Crippen molar-refractivity contribution < 1.29 is 18.7 Å². The number of ether oxygens (including phenoxy) is 2. The van der Waals surface area contributed by atoms with Crippen LogP contribution in [0.2, 0.25) is 5.02 Å². The van der Waals surface area contributed by atoms with Crippen molar-refractivity contribution >= 4 is 23.5 Å². The van der Waals surface area contributed by atoms with Crippen molar-refractivity contribution in [3.63, 3.8) is 0 Å². The van der Waals surface area contributed by atoms with Crippen LogP contribution in [0.5, 0.6) is 11.5 Å². The normalized spacial score (nSPS) is 14.1. The van der Waals surface area contributed by atoms with Gasteiger partial charge in [-0.1, -0.05) is 47.5 Å². The van der Waals surface area contributed by atoms with Gasteiger partial charge in [-0.25, -0.2) is 4.39 Å². The van der Waals surface area contributed by atoms with Gasteiger partial charge in [0.05, 0.1) is 10.6 Å². The largest absolute Gasteiger partial charge is 0.489 e. The molecule has 0 saturated carbocycles. The molecule has 1 aliphatic heterocycles. The Morgan fingerprint density at radius 1 is 1.10 bits per heavy atom. The average molecular weight is 409 g/mol. The van der Waals surface area contributed by atoms with E-state index in [1.807, 2.05) is 38.1 Å². The van der Waals surface area contributed by atoms with Crippen LogP contribution in [0, 0.1) is 19.7 Å². The van der Waals surface area contributed by atoms with Crippen LogP contribution in [0.1, 0.15) is 32.6 Å². The Balaban J connectivity index is 1.59. The Kier molecular flexibility index (Phi) is 5.12. The van der Waals surface area contributed by atoms with E-state index in [4.69, 9.17) is 21.1 Å². The lowest BCUT2D eigenvalue weighted by Gasteiger charge is -2.09. The first-order valence-corrected chi connectivity index (χ1v) is 9.51. The van der Waals surface area contributed by atoms with E-state index in [-0.39, 0.29) is 22.1 Å². The number of halogens is 2. The summed E-state index contributed by atoms with van der Waals surface area (Å²) in [5.74, 6) is 0.205. The van der Waals surface area contributed by atoms with Crippen molar-refractivity contribution in [3.05, 3.63) is 99.0 Å². The number of ketones is 1. The van der Waals surface area contributed by atoms with Crippen LogP contribution in [0.25, 0.3) is 6.08 Å². The Hall–Kier alpha value is -3.11. The Morgan fingerprint density at radius 2 is 1.86 bits per heavy atom. The fraction of sp³-hybridized carbons (Fsp3) is 0.125. The Labute approximate surface area is 173 Å². The third kappa shape index (κ3) is 3.89. The maximum Gasteiger partial charge on any atom is 0.232 e. The predicted octanol–water partition coefficient (Wildman–Crippen LogP) is 6.29. The molecule has 0 atom stereocenters. The predicted molar refractivity (Wildman–Crippen MR) is 111 cm³/mol. The van der Waals surface area contributed by atoms with E-state index in [2.05, 4.69) is 0 Å². The first-order valence-electron chi connectivity index (χ1n) is 9.13. The van der Waals surface area contributed by atoms with Crippen molar-refractivity contribution in [1.29, 1.82) is 0 Å². The molecule has 4 rings (SSSR count). The van der Waals surface area contributed by atoms with Crippen LogP contribution >= 0.6 is 11.6 Å². The number of allylic oxidation sites excluding steroid dienone is 1. The molecule has 0 radical (unpaired) electrons. The Bertz CT molecular complexity index is 1110. The molecule has 0 amide bonds. The standard InChI is InChI=1S/C24H18ClFO3/c1-14-6-8-16(9-7-14)13-28-17-10-15(2)23-21(11-17)29-22(24(23)27)12-18-19(25)4-3-5-20(18)26/h3-12H,13H2,1-2H3/b22-12-. The maximum absolute atomic E-state index is 14.1. The number of hydrogen-bond acceptors (Lipinski definition) is 3. The summed E-state index contributed by atoms with van der Waals surface area (Å²) in [5.41, 5.74) is 3.53. The first-order chi connectivity index (χ1) is 13.9. The van der Waals surface area contributed by atoms with E-state index in [0.717, 1.165) is 11.1 Å². The van der Waals surface area contributed by atoms with Gasteiger partial charge in [-0.15, -0.1) is 0 Å². The topological polar surface area (TPSA) is 35.5 Å². The summed E-state index contributed by atoms with van der Waals surface area (Å²) < 4.78 is 25.7. The van der Waals surface area contributed by atoms with Crippen molar-refractivity contribution in [3.8, 4) is 11.5 Å². The van der Waals surface area contributed by atoms with E-state index in [0.29, 0.717) is 23.7 Å². The molecule has 0 N–H and O–H groups in total. The van der Waals surface area contributed by atoms with Gasteiger partial charge in [0.2, 0.25) is 5.78 Å². The van der Waals surface area contributed by atoms with Crippen molar-refractivity contribution in [1.82, 2.24) is 0 Å². The zero-order valence-electron chi connectivity index (χ0n) is 16.0. The van der Waals surface area contributed by atoms with Gasteiger partial charge in [-0.3, -0.25) is 4.79 Å². The second-order valence-corrected chi connectivity index (χ2v) is 7.37. The highest BCUT2D eigenvalue weighted by molar-refractivity contribution is 6.32. The molecule has 3 aromatic carbocycles. The Morgan fingerprint density at radius 3 is 2.59 bits per heavy atom. The molecular formula is C24H18ClFO3. The van der Waals surface area contributed by atoms with Gasteiger partial charge in [0.1, 0.15) is 23.9 Å². The van der Waals surface area contributed by atoms with E-state index < -0.39 is 5.82 Å². The van der Waals surface area contributed by atoms with Gasteiger partial charge in [-0.05, 0) is 49.2 Å². The van der Waals surface area contributed by atoms with Gasteiger partial charge < -0.3 is 9.47 Å². The van der Waals surface area contributed by atoms with Gasteiger partial charge in [0.15, 0.2) is 5.76 Å².